The third-order valence-corrected chi connectivity index (χ3v) is 5.08. The highest BCUT2D eigenvalue weighted by atomic mass is 16.6. The van der Waals surface area contributed by atoms with E-state index in [9.17, 15) is 4.79 Å². The van der Waals surface area contributed by atoms with Gasteiger partial charge in [-0.05, 0) is 19.1 Å². The van der Waals surface area contributed by atoms with E-state index in [0.717, 1.165) is 38.8 Å². The molecule has 0 spiro atoms. The van der Waals surface area contributed by atoms with E-state index in [1.165, 1.54) is 0 Å². The van der Waals surface area contributed by atoms with Crippen LogP contribution in [0.25, 0.3) is 21.5 Å². The van der Waals surface area contributed by atoms with Crippen LogP contribution in [0.5, 0.6) is 17.2 Å². The molecule has 4 rings (SSSR count). The summed E-state index contributed by atoms with van der Waals surface area (Å²) in [7, 11) is 0. The Bertz CT molecular complexity index is 1210. The zero-order valence-corrected chi connectivity index (χ0v) is 18.6. The van der Waals surface area contributed by atoms with E-state index < -0.39 is 5.97 Å². The van der Waals surface area contributed by atoms with Gasteiger partial charge in [0.1, 0.15) is 30.5 Å². The van der Waals surface area contributed by atoms with Crippen molar-refractivity contribution in [2.75, 3.05) is 26.4 Å². The number of rotatable bonds is 10. The molecule has 0 N–H and O–H groups in total. The summed E-state index contributed by atoms with van der Waals surface area (Å²) in [5.74, 6) is 1.96. The third kappa shape index (κ3) is 5.33. The number of para-hydroxylation sites is 1. The molecule has 5 heteroatoms. The predicted molar refractivity (Wildman–Crippen MR) is 130 cm³/mol. The van der Waals surface area contributed by atoms with Crippen molar-refractivity contribution in [3.8, 4) is 17.2 Å². The van der Waals surface area contributed by atoms with Crippen LogP contribution in [0.1, 0.15) is 6.92 Å². The Labute approximate surface area is 193 Å². The van der Waals surface area contributed by atoms with Crippen molar-refractivity contribution in [2.24, 2.45) is 0 Å². The number of hydrogen-bond donors (Lipinski definition) is 0. The van der Waals surface area contributed by atoms with Gasteiger partial charge in [0.15, 0.2) is 0 Å². The van der Waals surface area contributed by atoms with Crippen molar-refractivity contribution in [3.05, 3.63) is 91.0 Å². The molecule has 0 saturated heterocycles. The Kier molecular flexibility index (Phi) is 7.22. The van der Waals surface area contributed by atoms with E-state index in [4.69, 9.17) is 18.9 Å². The highest BCUT2D eigenvalue weighted by Gasteiger charge is 2.16. The molecule has 0 amide bonds. The Hall–Kier alpha value is -3.83. The van der Waals surface area contributed by atoms with Crippen LogP contribution >= 0.6 is 0 Å². The van der Waals surface area contributed by atoms with Crippen LogP contribution in [0.3, 0.4) is 0 Å². The fourth-order valence-electron chi connectivity index (χ4n) is 3.54. The van der Waals surface area contributed by atoms with E-state index in [1.807, 2.05) is 78.9 Å². The van der Waals surface area contributed by atoms with Crippen LogP contribution in [-0.4, -0.2) is 32.4 Å². The predicted octanol–water partition coefficient (Wildman–Crippen LogP) is 6.30. The van der Waals surface area contributed by atoms with Crippen molar-refractivity contribution in [1.82, 2.24) is 0 Å². The maximum absolute atomic E-state index is 11.4. The molecule has 0 fully saturated rings. The number of carbonyl (C=O) groups excluding carboxylic acids is 1. The van der Waals surface area contributed by atoms with Crippen molar-refractivity contribution >= 4 is 27.5 Å². The molecule has 168 valence electrons. The summed E-state index contributed by atoms with van der Waals surface area (Å²) in [5, 5.41) is 3.89. The molecule has 0 aliphatic rings. The monoisotopic (exact) mass is 442 g/mol. The number of hydrogen-bond acceptors (Lipinski definition) is 5. The zero-order chi connectivity index (χ0) is 23.0. The summed E-state index contributed by atoms with van der Waals surface area (Å²) in [5.41, 5.74) is 0.372. The molecule has 0 aliphatic carbocycles. The maximum Gasteiger partial charge on any atom is 0.333 e. The Morgan fingerprint density at radius 2 is 1.21 bits per heavy atom. The lowest BCUT2D eigenvalue weighted by Crippen LogP contribution is -2.14. The fraction of sp³-hybridized carbons (Fsp3) is 0.179. The lowest BCUT2D eigenvalue weighted by Gasteiger charge is -2.17. The van der Waals surface area contributed by atoms with Crippen molar-refractivity contribution in [1.29, 1.82) is 0 Å². The van der Waals surface area contributed by atoms with Gasteiger partial charge in [-0.3, -0.25) is 0 Å². The van der Waals surface area contributed by atoms with E-state index in [0.29, 0.717) is 25.4 Å². The van der Waals surface area contributed by atoms with Gasteiger partial charge in [0.2, 0.25) is 0 Å². The van der Waals surface area contributed by atoms with Crippen LogP contribution in [0, 0.1) is 0 Å². The van der Waals surface area contributed by atoms with Crippen LogP contribution in [-0.2, 0) is 14.3 Å². The molecule has 0 radical (unpaired) electrons. The molecule has 0 aliphatic heterocycles. The minimum Gasteiger partial charge on any atom is -0.490 e. The van der Waals surface area contributed by atoms with Crippen LogP contribution in [0.15, 0.2) is 91.0 Å². The van der Waals surface area contributed by atoms with Gasteiger partial charge in [0.25, 0.3) is 0 Å². The van der Waals surface area contributed by atoms with E-state index in [1.54, 1.807) is 6.92 Å². The summed E-state index contributed by atoms with van der Waals surface area (Å²) in [6, 6.07) is 25.9. The minimum absolute atomic E-state index is 0.184. The Balaban J connectivity index is 1.53. The first-order valence-electron chi connectivity index (χ1n) is 10.8. The molecule has 0 saturated carbocycles. The summed E-state index contributed by atoms with van der Waals surface area (Å²) >= 11 is 0. The first-order chi connectivity index (χ1) is 16.1. The van der Waals surface area contributed by atoms with Crippen molar-refractivity contribution in [2.45, 2.75) is 6.92 Å². The van der Waals surface area contributed by atoms with Crippen LogP contribution < -0.4 is 9.47 Å². The second kappa shape index (κ2) is 10.7. The number of ether oxygens (including phenoxy) is 4. The number of carbonyl (C=O) groups is 1. The van der Waals surface area contributed by atoms with Crippen LogP contribution in [0.2, 0.25) is 0 Å². The molecular formula is C28H26O5. The summed E-state index contributed by atoms with van der Waals surface area (Å²) in [4.78, 5) is 11.4. The van der Waals surface area contributed by atoms with Gasteiger partial charge in [-0.25, -0.2) is 4.79 Å². The Morgan fingerprint density at radius 3 is 1.79 bits per heavy atom. The lowest BCUT2D eigenvalue weighted by molar-refractivity contribution is -0.140. The largest absolute Gasteiger partial charge is 0.490 e. The normalized spacial score (nSPS) is 10.8. The van der Waals surface area contributed by atoms with E-state index in [-0.39, 0.29) is 6.61 Å². The number of esters is 1. The van der Waals surface area contributed by atoms with Gasteiger partial charge in [0, 0.05) is 27.1 Å². The van der Waals surface area contributed by atoms with Gasteiger partial charge in [0.05, 0.1) is 13.2 Å². The summed E-state index contributed by atoms with van der Waals surface area (Å²) < 4.78 is 23.1. The van der Waals surface area contributed by atoms with E-state index in [2.05, 4.69) is 6.58 Å². The first-order valence-corrected chi connectivity index (χ1v) is 10.8. The molecule has 5 nitrogen and oxygen atoms in total. The highest BCUT2D eigenvalue weighted by Crippen LogP contribution is 2.44. The van der Waals surface area contributed by atoms with Crippen molar-refractivity contribution < 1.29 is 23.7 Å². The second-order valence-electron chi connectivity index (χ2n) is 7.54. The molecule has 0 unspecified atom stereocenters. The lowest BCUT2D eigenvalue weighted by atomic mass is 10.0. The highest BCUT2D eigenvalue weighted by molar-refractivity contribution is 6.11. The molecule has 33 heavy (non-hydrogen) atoms. The van der Waals surface area contributed by atoms with E-state index >= 15 is 0 Å². The topological polar surface area (TPSA) is 54.0 Å². The molecule has 0 heterocycles. The minimum atomic E-state index is -0.411. The zero-order valence-electron chi connectivity index (χ0n) is 18.6. The number of benzene rings is 4. The number of fused-ring (bicyclic) bond motifs is 2. The van der Waals surface area contributed by atoms with Gasteiger partial charge >= 0.3 is 5.97 Å². The quantitative estimate of drug-likeness (QED) is 0.125. The molecular weight excluding hydrogens is 416 g/mol. The molecule has 0 bridgehead atoms. The maximum atomic E-state index is 11.4. The van der Waals surface area contributed by atoms with Gasteiger partial charge in [-0.15, -0.1) is 0 Å². The Morgan fingerprint density at radius 1 is 0.697 bits per heavy atom. The fourth-order valence-corrected chi connectivity index (χ4v) is 3.54. The van der Waals surface area contributed by atoms with Crippen LogP contribution in [0.4, 0.5) is 0 Å². The molecule has 4 aromatic rings. The molecule has 0 aromatic heterocycles. The van der Waals surface area contributed by atoms with Gasteiger partial charge < -0.3 is 18.9 Å². The summed E-state index contributed by atoms with van der Waals surface area (Å²) in [6.45, 7) is 6.38. The standard InChI is InChI=1S/C28H26O5/c1-20(2)28(29)32-19-17-30-16-18-31-26-22-12-6-8-14-24(22)27(25-15-9-7-13-23(25)26)33-21-10-4-3-5-11-21/h3-15H,1,16-19H2,2H3. The third-order valence-electron chi connectivity index (χ3n) is 5.08. The molecule has 0 atom stereocenters. The smallest absolute Gasteiger partial charge is 0.333 e. The average molecular weight is 443 g/mol. The summed E-state index contributed by atoms with van der Waals surface area (Å²) in [6.07, 6.45) is 0. The van der Waals surface area contributed by atoms with Crippen molar-refractivity contribution in [3.63, 3.8) is 0 Å². The van der Waals surface area contributed by atoms with Gasteiger partial charge in [-0.1, -0.05) is 73.3 Å². The SMILES string of the molecule is C=C(C)C(=O)OCCOCCOc1c2ccccc2c(Oc2ccccc2)c2ccccc12. The first kappa shape index (κ1) is 22.4. The molecule has 4 aromatic carbocycles. The second-order valence-corrected chi connectivity index (χ2v) is 7.54. The van der Waals surface area contributed by atoms with Gasteiger partial charge in [-0.2, -0.15) is 0 Å². The average Bonchev–Trinajstić information content (AvgIpc) is 2.85.